The maximum absolute atomic E-state index is 13.9. The highest BCUT2D eigenvalue weighted by atomic mass is 31.2. The molecule has 0 radical (unpaired) electrons. The Balaban J connectivity index is 2.41. The van der Waals surface area contributed by atoms with Gasteiger partial charge in [0.1, 0.15) is 7.14 Å². The van der Waals surface area contributed by atoms with Gasteiger partial charge >= 0.3 is 5.97 Å². The summed E-state index contributed by atoms with van der Waals surface area (Å²) in [5, 5.41) is 1.51. The van der Waals surface area contributed by atoms with Gasteiger partial charge in [-0.05, 0) is 6.42 Å². The first-order valence-corrected chi connectivity index (χ1v) is 9.95. The Morgan fingerprint density at radius 3 is 1.88 bits per heavy atom. The predicted molar refractivity (Wildman–Crippen MR) is 98.4 cm³/mol. The van der Waals surface area contributed by atoms with Gasteiger partial charge < -0.3 is 15.0 Å². The molecule has 4 nitrogen and oxygen atoms in total. The molecule has 0 saturated carbocycles. The van der Waals surface area contributed by atoms with E-state index in [2.05, 4.69) is 0 Å². The summed E-state index contributed by atoms with van der Waals surface area (Å²) in [6.07, 6.45) is 0.784. The first kappa shape index (κ1) is 18.4. The second-order valence-corrected chi connectivity index (χ2v) is 8.67. The Morgan fingerprint density at radius 2 is 1.50 bits per heavy atom. The third-order valence-corrected chi connectivity index (χ3v) is 7.48. The van der Waals surface area contributed by atoms with Crippen molar-refractivity contribution in [3.63, 3.8) is 0 Å². The minimum absolute atomic E-state index is 0.231. The van der Waals surface area contributed by atoms with Crippen molar-refractivity contribution in [2.75, 3.05) is 13.3 Å². The fourth-order valence-corrected chi connectivity index (χ4v) is 5.79. The van der Waals surface area contributed by atoms with Crippen molar-refractivity contribution in [3.8, 4) is 0 Å². The van der Waals surface area contributed by atoms with Gasteiger partial charge in [-0.2, -0.15) is 0 Å². The Morgan fingerprint density at radius 1 is 1.04 bits per heavy atom. The highest BCUT2D eigenvalue weighted by Gasteiger charge is 2.34. The van der Waals surface area contributed by atoms with Crippen LogP contribution in [0.1, 0.15) is 13.3 Å². The van der Waals surface area contributed by atoms with E-state index in [1.165, 1.54) is 7.11 Å². The Bertz CT molecular complexity index is 660. The summed E-state index contributed by atoms with van der Waals surface area (Å²) in [5.74, 6) is -0.812. The second-order valence-electron chi connectivity index (χ2n) is 5.80. The second kappa shape index (κ2) is 8.27. The maximum atomic E-state index is 13.9. The molecule has 0 fully saturated rings. The number of carbonyl (C=O) groups excluding carboxylic acids is 1. The van der Waals surface area contributed by atoms with E-state index in [0.717, 1.165) is 10.6 Å². The molecular formula is C19H24NO3P. The summed E-state index contributed by atoms with van der Waals surface area (Å²) in [5.41, 5.74) is 6.29. The molecule has 0 aliphatic carbocycles. The molecule has 0 heterocycles. The van der Waals surface area contributed by atoms with E-state index in [9.17, 15) is 9.36 Å². The van der Waals surface area contributed by atoms with Crippen LogP contribution in [0.2, 0.25) is 0 Å². The molecule has 24 heavy (non-hydrogen) atoms. The average molecular weight is 345 g/mol. The summed E-state index contributed by atoms with van der Waals surface area (Å²) in [4.78, 5) is 12.0. The van der Waals surface area contributed by atoms with Crippen LogP contribution in [-0.2, 0) is 14.1 Å². The van der Waals surface area contributed by atoms with E-state index in [1.54, 1.807) is 0 Å². The van der Waals surface area contributed by atoms with Crippen LogP contribution in [0, 0.1) is 5.92 Å². The number of rotatable bonds is 7. The lowest BCUT2D eigenvalue weighted by Crippen LogP contribution is -2.40. The largest absolute Gasteiger partial charge is 0.469 e. The van der Waals surface area contributed by atoms with Crippen LogP contribution in [-0.4, -0.2) is 25.3 Å². The minimum Gasteiger partial charge on any atom is -0.469 e. The number of hydrogen-bond donors (Lipinski definition) is 1. The van der Waals surface area contributed by atoms with Crippen LogP contribution in [0.25, 0.3) is 0 Å². The molecule has 0 spiro atoms. The van der Waals surface area contributed by atoms with Gasteiger partial charge in [0.05, 0.1) is 13.0 Å². The van der Waals surface area contributed by atoms with Gasteiger partial charge in [-0.25, -0.2) is 0 Å². The number of hydrogen-bond acceptors (Lipinski definition) is 4. The lowest BCUT2D eigenvalue weighted by Gasteiger charge is -2.26. The zero-order chi connectivity index (χ0) is 17.6. The fourth-order valence-electron chi connectivity index (χ4n) is 2.92. The Hall–Kier alpha value is -1.90. The lowest BCUT2D eigenvalue weighted by molar-refractivity contribution is -0.146. The zero-order valence-corrected chi connectivity index (χ0v) is 15.0. The molecule has 0 bridgehead atoms. The molecule has 0 aliphatic rings. The van der Waals surface area contributed by atoms with Crippen molar-refractivity contribution in [1.82, 2.24) is 0 Å². The van der Waals surface area contributed by atoms with Crippen LogP contribution < -0.4 is 16.3 Å². The standard InChI is InChI=1S/C19H24NO3P/c1-3-17(19(21)23-2)18(20)14-24(22,15-10-6-4-7-11-15)16-12-8-5-9-13-16/h4-13,17-18H,3,14,20H2,1-2H3. The van der Waals surface area contributed by atoms with Crippen LogP contribution in [0.5, 0.6) is 0 Å². The third kappa shape index (κ3) is 3.95. The van der Waals surface area contributed by atoms with Gasteiger partial charge in [-0.15, -0.1) is 0 Å². The summed E-state index contributed by atoms with van der Waals surface area (Å²) in [7, 11) is -1.58. The lowest BCUT2D eigenvalue weighted by atomic mass is 9.99. The summed E-state index contributed by atoms with van der Waals surface area (Å²) in [6.45, 7) is 1.89. The number of ether oxygens (including phenoxy) is 1. The number of benzene rings is 2. The molecule has 0 aromatic heterocycles. The van der Waals surface area contributed by atoms with Gasteiger partial charge in [0.25, 0.3) is 0 Å². The van der Waals surface area contributed by atoms with Crippen molar-refractivity contribution >= 4 is 23.7 Å². The molecule has 0 amide bonds. The topological polar surface area (TPSA) is 69.4 Å². The van der Waals surface area contributed by atoms with Crippen molar-refractivity contribution in [1.29, 1.82) is 0 Å². The number of methoxy groups -OCH3 is 1. The molecule has 2 aromatic rings. The molecule has 0 aliphatic heterocycles. The van der Waals surface area contributed by atoms with E-state index in [0.29, 0.717) is 6.42 Å². The highest BCUT2D eigenvalue weighted by molar-refractivity contribution is 7.78. The first-order valence-electron chi connectivity index (χ1n) is 8.06. The fraction of sp³-hybridized carbons (Fsp3) is 0.316. The smallest absolute Gasteiger partial charge is 0.310 e. The number of carbonyl (C=O) groups is 1. The molecule has 2 N–H and O–H groups in total. The van der Waals surface area contributed by atoms with Crippen molar-refractivity contribution in [2.45, 2.75) is 19.4 Å². The Kier molecular flexibility index (Phi) is 6.36. The van der Waals surface area contributed by atoms with Crippen molar-refractivity contribution in [3.05, 3.63) is 60.7 Å². The zero-order valence-electron chi connectivity index (χ0n) is 14.1. The molecule has 5 heteroatoms. The van der Waals surface area contributed by atoms with E-state index in [1.807, 2.05) is 67.6 Å². The average Bonchev–Trinajstić information content (AvgIpc) is 2.63. The number of nitrogens with two attached hydrogens (primary N) is 1. The molecule has 2 rings (SSSR count). The Labute approximate surface area is 143 Å². The normalized spacial score (nSPS) is 14.0. The van der Waals surface area contributed by atoms with Crippen LogP contribution >= 0.6 is 7.14 Å². The van der Waals surface area contributed by atoms with Gasteiger partial charge in [-0.3, -0.25) is 4.79 Å². The molecule has 2 atom stereocenters. The van der Waals surface area contributed by atoms with Gasteiger partial charge in [0.15, 0.2) is 0 Å². The van der Waals surface area contributed by atoms with Crippen LogP contribution in [0.15, 0.2) is 60.7 Å². The molecule has 2 aromatic carbocycles. The van der Waals surface area contributed by atoms with E-state index in [4.69, 9.17) is 10.5 Å². The van der Waals surface area contributed by atoms with E-state index < -0.39 is 19.1 Å². The number of esters is 1. The summed E-state index contributed by atoms with van der Waals surface area (Å²) >= 11 is 0. The van der Waals surface area contributed by atoms with E-state index in [-0.39, 0.29) is 12.1 Å². The minimum atomic E-state index is -2.93. The van der Waals surface area contributed by atoms with E-state index >= 15 is 0 Å². The third-order valence-electron chi connectivity index (χ3n) is 4.28. The quantitative estimate of drug-likeness (QED) is 0.618. The van der Waals surface area contributed by atoms with Crippen molar-refractivity contribution < 1.29 is 14.1 Å². The molecule has 0 saturated heterocycles. The van der Waals surface area contributed by atoms with Crippen LogP contribution in [0.3, 0.4) is 0 Å². The summed E-state index contributed by atoms with van der Waals surface area (Å²) < 4.78 is 18.8. The highest BCUT2D eigenvalue weighted by Crippen LogP contribution is 2.44. The first-order chi connectivity index (χ1) is 11.5. The molecular weight excluding hydrogens is 321 g/mol. The monoisotopic (exact) mass is 345 g/mol. The van der Waals surface area contributed by atoms with Gasteiger partial charge in [0, 0.05) is 22.8 Å². The molecule has 128 valence electrons. The SMILES string of the molecule is CCC(C(=O)OC)C(N)CP(=O)(c1ccccc1)c1ccccc1. The summed E-state index contributed by atoms with van der Waals surface area (Å²) in [6, 6.07) is 18.2. The van der Waals surface area contributed by atoms with Crippen molar-refractivity contribution in [2.24, 2.45) is 11.7 Å². The molecule has 2 unspecified atom stereocenters. The predicted octanol–water partition coefficient (Wildman–Crippen LogP) is 2.53. The van der Waals surface area contributed by atoms with Gasteiger partial charge in [0.2, 0.25) is 0 Å². The van der Waals surface area contributed by atoms with Gasteiger partial charge in [-0.1, -0.05) is 67.6 Å². The van der Waals surface area contributed by atoms with Crippen LogP contribution in [0.4, 0.5) is 0 Å². The maximum Gasteiger partial charge on any atom is 0.310 e.